The van der Waals surface area contributed by atoms with Crippen LogP contribution >= 0.6 is 0 Å². The summed E-state index contributed by atoms with van der Waals surface area (Å²) >= 11 is 0. The van der Waals surface area contributed by atoms with Gasteiger partial charge >= 0.3 is 6.03 Å². The van der Waals surface area contributed by atoms with E-state index >= 15 is 0 Å². The molecule has 0 N–H and O–H groups in total. The van der Waals surface area contributed by atoms with E-state index in [1.807, 2.05) is 4.90 Å². The molecule has 0 bridgehead atoms. The molecule has 4 nitrogen and oxygen atoms in total. The SMILES string of the molecule is CN1CCN(C(=O)N2CC3CC3C2)CC1. The molecule has 0 radical (unpaired) electrons. The van der Waals surface area contributed by atoms with Crippen LogP contribution in [0.5, 0.6) is 0 Å². The van der Waals surface area contributed by atoms with Crippen molar-refractivity contribution in [1.29, 1.82) is 0 Å². The van der Waals surface area contributed by atoms with Crippen molar-refractivity contribution in [2.75, 3.05) is 46.3 Å². The van der Waals surface area contributed by atoms with Crippen LogP contribution in [0.25, 0.3) is 0 Å². The van der Waals surface area contributed by atoms with Gasteiger partial charge in [-0.1, -0.05) is 0 Å². The topological polar surface area (TPSA) is 26.8 Å². The van der Waals surface area contributed by atoms with Crippen molar-refractivity contribution >= 4 is 6.03 Å². The molecule has 4 heteroatoms. The second kappa shape index (κ2) is 3.37. The Balaban J connectivity index is 1.55. The molecule has 0 spiro atoms. The van der Waals surface area contributed by atoms with Crippen molar-refractivity contribution in [3.05, 3.63) is 0 Å². The molecule has 3 rings (SSSR count). The summed E-state index contributed by atoms with van der Waals surface area (Å²) in [5.41, 5.74) is 0. The lowest BCUT2D eigenvalue weighted by molar-refractivity contribution is 0.126. The van der Waals surface area contributed by atoms with Crippen LogP contribution in [0.3, 0.4) is 0 Å². The molecule has 15 heavy (non-hydrogen) atoms. The van der Waals surface area contributed by atoms with Gasteiger partial charge in [0, 0.05) is 39.3 Å². The molecule has 2 unspecified atom stereocenters. The molecule has 2 atom stereocenters. The Hall–Kier alpha value is -0.770. The summed E-state index contributed by atoms with van der Waals surface area (Å²) in [4.78, 5) is 18.5. The first-order chi connectivity index (χ1) is 7.24. The number of carbonyl (C=O) groups is 1. The number of amides is 2. The molecular formula is C11H19N3O. The largest absolute Gasteiger partial charge is 0.324 e. The Morgan fingerprint density at radius 3 is 2.20 bits per heavy atom. The molecule has 84 valence electrons. The van der Waals surface area contributed by atoms with Crippen LogP contribution in [0.15, 0.2) is 0 Å². The van der Waals surface area contributed by atoms with E-state index in [-0.39, 0.29) is 6.03 Å². The van der Waals surface area contributed by atoms with Gasteiger partial charge in [0.05, 0.1) is 0 Å². The zero-order chi connectivity index (χ0) is 10.4. The number of hydrogen-bond donors (Lipinski definition) is 0. The number of hydrogen-bond acceptors (Lipinski definition) is 2. The van der Waals surface area contributed by atoms with Crippen LogP contribution in [-0.2, 0) is 0 Å². The molecular weight excluding hydrogens is 190 g/mol. The lowest BCUT2D eigenvalue weighted by Gasteiger charge is -2.35. The van der Waals surface area contributed by atoms with Crippen molar-refractivity contribution in [2.24, 2.45) is 11.8 Å². The molecule has 0 aromatic heterocycles. The fraction of sp³-hybridized carbons (Fsp3) is 0.909. The van der Waals surface area contributed by atoms with E-state index in [1.54, 1.807) is 0 Å². The maximum atomic E-state index is 12.1. The Labute approximate surface area is 90.8 Å². The summed E-state index contributed by atoms with van der Waals surface area (Å²) in [7, 11) is 2.12. The van der Waals surface area contributed by atoms with Gasteiger partial charge in [0.2, 0.25) is 0 Å². The van der Waals surface area contributed by atoms with Crippen molar-refractivity contribution < 1.29 is 4.79 Å². The number of urea groups is 1. The molecule has 0 aromatic carbocycles. The van der Waals surface area contributed by atoms with E-state index in [0.717, 1.165) is 51.1 Å². The van der Waals surface area contributed by atoms with Crippen LogP contribution in [0.4, 0.5) is 4.79 Å². The van der Waals surface area contributed by atoms with Crippen molar-refractivity contribution in [2.45, 2.75) is 6.42 Å². The minimum atomic E-state index is 0.287. The van der Waals surface area contributed by atoms with E-state index in [9.17, 15) is 4.79 Å². The Kier molecular flexibility index (Phi) is 2.12. The summed E-state index contributed by atoms with van der Waals surface area (Å²) in [6.45, 7) is 5.90. The van der Waals surface area contributed by atoms with Crippen LogP contribution in [-0.4, -0.2) is 67.0 Å². The molecule has 3 aliphatic rings. The maximum Gasteiger partial charge on any atom is 0.320 e. The first kappa shape index (κ1) is 9.46. The van der Waals surface area contributed by atoms with E-state index < -0.39 is 0 Å². The molecule has 1 aliphatic carbocycles. The number of nitrogens with zero attached hydrogens (tertiary/aromatic N) is 3. The second-order valence-electron chi connectivity index (χ2n) is 5.23. The highest BCUT2D eigenvalue weighted by molar-refractivity contribution is 5.75. The molecule has 2 heterocycles. The third kappa shape index (κ3) is 1.71. The van der Waals surface area contributed by atoms with E-state index in [0.29, 0.717) is 0 Å². The minimum absolute atomic E-state index is 0.287. The quantitative estimate of drug-likeness (QED) is 0.574. The molecule has 2 aliphatic heterocycles. The molecule has 3 fully saturated rings. The zero-order valence-electron chi connectivity index (χ0n) is 9.35. The second-order valence-corrected chi connectivity index (χ2v) is 5.23. The van der Waals surface area contributed by atoms with Gasteiger partial charge < -0.3 is 14.7 Å². The van der Waals surface area contributed by atoms with Gasteiger partial charge in [0.15, 0.2) is 0 Å². The summed E-state index contributed by atoms with van der Waals surface area (Å²) in [5.74, 6) is 1.70. The lowest BCUT2D eigenvalue weighted by atomic mass is 10.3. The summed E-state index contributed by atoms with van der Waals surface area (Å²) in [5, 5.41) is 0. The van der Waals surface area contributed by atoms with Crippen LogP contribution in [0, 0.1) is 11.8 Å². The lowest BCUT2D eigenvalue weighted by Crippen LogP contribution is -2.51. The Morgan fingerprint density at radius 1 is 1.00 bits per heavy atom. The highest BCUT2D eigenvalue weighted by atomic mass is 16.2. The van der Waals surface area contributed by atoms with Crippen molar-refractivity contribution in [3.8, 4) is 0 Å². The van der Waals surface area contributed by atoms with Gasteiger partial charge in [-0.15, -0.1) is 0 Å². The standard InChI is InChI=1S/C11H19N3O/c1-12-2-4-13(5-3-12)11(15)14-7-9-6-10(9)8-14/h9-10H,2-8H2,1H3. The van der Waals surface area contributed by atoms with Gasteiger partial charge in [-0.05, 0) is 25.3 Å². The van der Waals surface area contributed by atoms with Gasteiger partial charge in [0.25, 0.3) is 0 Å². The van der Waals surface area contributed by atoms with Gasteiger partial charge in [-0.25, -0.2) is 4.79 Å². The third-order valence-corrected chi connectivity index (χ3v) is 4.02. The van der Waals surface area contributed by atoms with Crippen molar-refractivity contribution in [1.82, 2.24) is 14.7 Å². The highest BCUT2D eigenvalue weighted by Crippen LogP contribution is 2.45. The Morgan fingerprint density at radius 2 is 1.60 bits per heavy atom. The maximum absolute atomic E-state index is 12.1. The normalized spacial score (nSPS) is 35.5. The van der Waals surface area contributed by atoms with Crippen LogP contribution in [0.2, 0.25) is 0 Å². The fourth-order valence-corrected chi connectivity index (χ4v) is 2.75. The number of piperidine rings is 1. The molecule has 1 saturated carbocycles. The average molecular weight is 209 g/mol. The Bertz CT molecular complexity index is 263. The summed E-state index contributed by atoms with van der Waals surface area (Å²) < 4.78 is 0. The van der Waals surface area contributed by atoms with E-state index in [2.05, 4.69) is 16.8 Å². The predicted molar refractivity (Wildman–Crippen MR) is 57.6 cm³/mol. The zero-order valence-corrected chi connectivity index (χ0v) is 9.35. The summed E-state index contributed by atoms with van der Waals surface area (Å²) in [6.07, 6.45) is 1.37. The number of likely N-dealkylation sites (N-methyl/N-ethyl adjacent to an activating group) is 1. The van der Waals surface area contributed by atoms with E-state index in [4.69, 9.17) is 0 Å². The first-order valence-corrected chi connectivity index (χ1v) is 5.96. The molecule has 2 saturated heterocycles. The molecule has 0 aromatic rings. The van der Waals surface area contributed by atoms with E-state index in [1.165, 1.54) is 6.42 Å². The number of carbonyl (C=O) groups excluding carboxylic acids is 1. The average Bonchev–Trinajstić information content (AvgIpc) is 2.86. The third-order valence-electron chi connectivity index (χ3n) is 4.02. The monoisotopic (exact) mass is 209 g/mol. The van der Waals surface area contributed by atoms with Crippen LogP contribution < -0.4 is 0 Å². The smallest absolute Gasteiger partial charge is 0.320 e. The van der Waals surface area contributed by atoms with Gasteiger partial charge in [-0.3, -0.25) is 0 Å². The predicted octanol–water partition coefficient (Wildman–Crippen LogP) is 0.306. The fourth-order valence-electron chi connectivity index (χ4n) is 2.75. The number of likely N-dealkylation sites (tertiary alicyclic amines) is 1. The van der Waals surface area contributed by atoms with Gasteiger partial charge in [0.1, 0.15) is 0 Å². The number of piperazine rings is 1. The number of rotatable bonds is 0. The first-order valence-electron chi connectivity index (χ1n) is 5.96. The highest BCUT2D eigenvalue weighted by Gasteiger charge is 2.47. The van der Waals surface area contributed by atoms with Crippen LogP contribution in [0.1, 0.15) is 6.42 Å². The minimum Gasteiger partial charge on any atom is -0.324 e. The summed E-state index contributed by atoms with van der Waals surface area (Å²) in [6, 6.07) is 0.287. The van der Waals surface area contributed by atoms with Crippen molar-refractivity contribution in [3.63, 3.8) is 0 Å². The number of fused-ring (bicyclic) bond motifs is 1. The van der Waals surface area contributed by atoms with Gasteiger partial charge in [-0.2, -0.15) is 0 Å². The molecule has 2 amide bonds.